The molecule has 1 N–H and O–H groups in total. The summed E-state index contributed by atoms with van der Waals surface area (Å²) in [6, 6.07) is 10.6. The molecule has 2 aromatic carbocycles. The van der Waals surface area contributed by atoms with Crippen LogP contribution in [0, 0.1) is 12.8 Å². The van der Waals surface area contributed by atoms with Gasteiger partial charge in [0.1, 0.15) is 5.60 Å². The van der Waals surface area contributed by atoms with Crippen molar-refractivity contribution in [2.45, 2.75) is 62.0 Å². The first-order valence-electron chi connectivity index (χ1n) is 11.4. The van der Waals surface area contributed by atoms with Crippen molar-refractivity contribution in [1.29, 1.82) is 0 Å². The summed E-state index contributed by atoms with van der Waals surface area (Å²) in [5, 5.41) is 12.8. The Kier molecular flexibility index (Phi) is 6.51. The lowest BCUT2D eigenvalue weighted by Crippen LogP contribution is -2.53. The number of fused-ring (bicyclic) bond motifs is 1. The Bertz CT molecular complexity index is 1140. The summed E-state index contributed by atoms with van der Waals surface area (Å²) in [5.41, 5.74) is 0.323. The van der Waals surface area contributed by atoms with E-state index in [2.05, 4.69) is 0 Å². The molecule has 1 heterocycles. The van der Waals surface area contributed by atoms with Crippen LogP contribution in [0.25, 0.3) is 0 Å². The van der Waals surface area contributed by atoms with Crippen LogP contribution in [0.1, 0.15) is 49.7 Å². The van der Waals surface area contributed by atoms with Gasteiger partial charge < -0.3 is 10.0 Å². The molecule has 1 fully saturated rings. The quantitative estimate of drug-likeness (QED) is 0.670. The third kappa shape index (κ3) is 4.15. The molecule has 1 saturated carbocycles. The Morgan fingerprint density at radius 3 is 2.36 bits per heavy atom. The van der Waals surface area contributed by atoms with Gasteiger partial charge in [-0.15, -0.1) is 0 Å². The fourth-order valence-electron chi connectivity index (χ4n) is 5.29. The number of aryl methyl sites for hydroxylation is 1. The first-order valence-corrected chi connectivity index (χ1v) is 13.2. The van der Waals surface area contributed by atoms with Crippen LogP contribution >= 0.6 is 11.6 Å². The van der Waals surface area contributed by atoms with Gasteiger partial charge in [-0.3, -0.25) is 9.10 Å². The predicted molar refractivity (Wildman–Crippen MR) is 130 cm³/mol. The average molecular weight is 491 g/mol. The zero-order chi connectivity index (χ0) is 24.0. The van der Waals surface area contributed by atoms with Crippen molar-refractivity contribution in [1.82, 2.24) is 4.90 Å². The van der Waals surface area contributed by atoms with Crippen LogP contribution in [0.4, 0.5) is 5.69 Å². The normalized spacial score (nSPS) is 23.4. The van der Waals surface area contributed by atoms with E-state index >= 15 is 0 Å². The first-order chi connectivity index (χ1) is 15.6. The number of benzene rings is 2. The van der Waals surface area contributed by atoms with Gasteiger partial charge in [0, 0.05) is 24.7 Å². The summed E-state index contributed by atoms with van der Waals surface area (Å²) in [5.74, 6) is -0.404. The second-order valence-electron chi connectivity index (χ2n) is 9.44. The summed E-state index contributed by atoms with van der Waals surface area (Å²) in [6.45, 7) is 1.89. The monoisotopic (exact) mass is 490 g/mol. The van der Waals surface area contributed by atoms with Crippen molar-refractivity contribution < 1.29 is 18.3 Å². The molecule has 2 atom stereocenters. The Labute approximate surface area is 201 Å². The number of carbonyl (C=O) groups excluding carboxylic acids is 1. The Balaban J connectivity index is 1.93. The lowest BCUT2D eigenvalue weighted by molar-refractivity contribution is -0.132. The molecule has 2 aliphatic rings. The highest BCUT2D eigenvalue weighted by Crippen LogP contribution is 2.54. The zero-order valence-electron chi connectivity index (χ0n) is 19.3. The highest BCUT2D eigenvalue weighted by atomic mass is 35.5. The molecule has 8 heteroatoms. The molecule has 1 aliphatic heterocycles. The van der Waals surface area contributed by atoms with Gasteiger partial charge in [-0.2, -0.15) is 0 Å². The molecule has 178 valence electrons. The summed E-state index contributed by atoms with van der Waals surface area (Å²) in [7, 11) is -0.775. The van der Waals surface area contributed by atoms with Gasteiger partial charge in [0.15, 0.2) is 0 Å². The zero-order valence-corrected chi connectivity index (χ0v) is 20.9. The third-order valence-electron chi connectivity index (χ3n) is 7.09. The number of nitrogens with zero attached hydrogens (tertiary/aromatic N) is 2. The lowest BCUT2D eigenvalue weighted by Gasteiger charge is -2.42. The topological polar surface area (TPSA) is 77.9 Å². The van der Waals surface area contributed by atoms with Crippen molar-refractivity contribution in [3.05, 3.63) is 58.6 Å². The summed E-state index contributed by atoms with van der Waals surface area (Å²) in [6.07, 6.45) is 4.42. The number of carbonyl (C=O) groups is 1. The van der Waals surface area contributed by atoms with Gasteiger partial charge in [-0.05, 0) is 56.0 Å². The number of amides is 1. The van der Waals surface area contributed by atoms with Gasteiger partial charge in [0.2, 0.25) is 5.91 Å². The van der Waals surface area contributed by atoms with E-state index in [9.17, 15) is 18.3 Å². The molecule has 0 radical (unpaired) electrons. The number of halogens is 1. The fourth-order valence-corrected chi connectivity index (χ4v) is 7.16. The number of hydrogen-bond donors (Lipinski definition) is 1. The van der Waals surface area contributed by atoms with Crippen molar-refractivity contribution in [3.63, 3.8) is 0 Å². The van der Waals surface area contributed by atoms with E-state index in [4.69, 9.17) is 11.6 Å². The van der Waals surface area contributed by atoms with Gasteiger partial charge >= 0.3 is 0 Å². The van der Waals surface area contributed by atoms with E-state index < -0.39 is 21.7 Å². The largest absolute Gasteiger partial charge is 0.383 e. The minimum atomic E-state index is -4.05. The van der Waals surface area contributed by atoms with Crippen LogP contribution in [0.15, 0.2) is 47.4 Å². The van der Waals surface area contributed by atoms with Crippen molar-refractivity contribution in [3.8, 4) is 0 Å². The van der Waals surface area contributed by atoms with Crippen LogP contribution in [0.5, 0.6) is 0 Å². The van der Waals surface area contributed by atoms with Gasteiger partial charge in [0.25, 0.3) is 10.0 Å². The maximum Gasteiger partial charge on any atom is 0.264 e. The van der Waals surface area contributed by atoms with E-state index in [-0.39, 0.29) is 23.1 Å². The molecule has 2 unspecified atom stereocenters. The number of anilines is 1. The smallest absolute Gasteiger partial charge is 0.264 e. The third-order valence-corrected chi connectivity index (χ3v) is 9.16. The molecule has 0 saturated heterocycles. The molecular weight excluding hydrogens is 460 g/mol. The molecule has 2 aromatic rings. The summed E-state index contributed by atoms with van der Waals surface area (Å²) >= 11 is 6.34. The number of aliphatic hydroxyl groups is 1. The highest BCUT2D eigenvalue weighted by molar-refractivity contribution is 7.92. The second-order valence-corrected chi connectivity index (χ2v) is 11.7. The molecular formula is C25H31ClN2O4S. The van der Waals surface area contributed by atoms with Crippen molar-refractivity contribution in [2.75, 3.05) is 18.4 Å². The van der Waals surface area contributed by atoms with Gasteiger partial charge in [-0.25, -0.2) is 8.42 Å². The highest BCUT2D eigenvalue weighted by Gasteiger charge is 2.58. The first kappa shape index (κ1) is 24.0. The molecule has 0 aromatic heterocycles. The standard InChI is InChI=1S/C25H31ClN2O4S/c1-17-9-12-20(13-10-17)33(31,32)28-22-14-11-19(26)15-21(22)25(30,18-7-5-4-6-8-18)23(28)16-24(29)27(2)3/h9-15,18,23,30H,4-8,16H2,1-3H3. The molecule has 1 aliphatic carbocycles. The molecule has 33 heavy (non-hydrogen) atoms. The molecule has 6 nitrogen and oxygen atoms in total. The second kappa shape index (κ2) is 8.93. The van der Waals surface area contributed by atoms with E-state index in [1.165, 1.54) is 9.21 Å². The van der Waals surface area contributed by atoms with Gasteiger partial charge in [0.05, 0.1) is 23.0 Å². The Morgan fingerprint density at radius 1 is 1.12 bits per heavy atom. The van der Waals surface area contributed by atoms with Crippen LogP contribution in [0.2, 0.25) is 5.02 Å². The number of sulfonamides is 1. The summed E-state index contributed by atoms with van der Waals surface area (Å²) < 4.78 is 29.2. The average Bonchev–Trinajstić information content (AvgIpc) is 3.03. The van der Waals surface area contributed by atoms with E-state index in [1.54, 1.807) is 56.6 Å². The molecule has 0 spiro atoms. The van der Waals surface area contributed by atoms with Gasteiger partial charge in [-0.1, -0.05) is 48.6 Å². The molecule has 1 amide bonds. The SMILES string of the molecule is Cc1ccc(S(=O)(=O)N2c3ccc(Cl)cc3C(O)(C3CCCCC3)C2CC(=O)N(C)C)cc1. The van der Waals surface area contributed by atoms with E-state index in [0.29, 0.717) is 16.3 Å². The van der Waals surface area contributed by atoms with Crippen LogP contribution in [-0.4, -0.2) is 44.5 Å². The number of rotatable bonds is 5. The van der Waals surface area contributed by atoms with Crippen molar-refractivity contribution in [2.24, 2.45) is 5.92 Å². The molecule has 0 bridgehead atoms. The van der Waals surface area contributed by atoms with Crippen LogP contribution in [0.3, 0.4) is 0 Å². The minimum Gasteiger partial charge on any atom is -0.383 e. The predicted octanol–water partition coefficient (Wildman–Crippen LogP) is 4.47. The summed E-state index contributed by atoms with van der Waals surface area (Å²) in [4.78, 5) is 14.5. The van der Waals surface area contributed by atoms with E-state index in [0.717, 1.165) is 37.7 Å². The number of hydrogen-bond acceptors (Lipinski definition) is 4. The lowest BCUT2D eigenvalue weighted by atomic mass is 9.70. The Morgan fingerprint density at radius 2 is 1.76 bits per heavy atom. The van der Waals surface area contributed by atoms with Crippen LogP contribution < -0.4 is 4.31 Å². The maximum absolute atomic E-state index is 14.0. The maximum atomic E-state index is 14.0. The van der Waals surface area contributed by atoms with Crippen LogP contribution in [-0.2, 0) is 20.4 Å². The fraction of sp³-hybridized carbons (Fsp3) is 0.480. The van der Waals surface area contributed by atoms with E-state index in [1.807, 2.05) is 6.92 Å². The minimum absolute atomic E-state index is 0.128. The molecule has 4 rings (SSSR count). The Hall–Kier alpha value is -2.09. The van der Waals surface area contributed by atoms with Crippen molar-refractivity contribution >= 4 is 33.2 Å².